The molecule has 0 amide bonds. The molecule has 3 aromatic carbocycles. The lowest BCUT2D eigenvalue weighted by molar-refractivity contribution is 0.593. The average Bonchev–Trinajstić information content (AvgIpc) is 4.32. The lowest BCUT2D eigenvalue weighted by atomic mass is 10.1. The number of anilines is 2. The number of hydrogen-bond donors (Lipinski definition) is 1. The second-order valence-corrected chi connectivity index (χ2v) is 24.1. The number of sulfone groups is 1. The van der Waals surface area contributed by atoms with E-state index in [0.29, 0.717) is 77.5 Å². The predicted molar refractivity (Wildman–Crippen MR) is 325 cm³/mol. The number of rotatable bonds is 15. The Labute approximate surface area is 476 Å². The van der Waals surface area contributed by atoms with Crippen molar-refractivity contribution in [1.82, 2.24) is 43.6 Å². The fourth-order valence-electron chi connectivity index (χ4n) is 8.45. The molecule has 78 heavy (non-hydrogen) atoms. The highest BCUT2D eigenvalue weighted by atomic mass is 35.5. The summed E-state index contributed by atoms with van der Waals surface area (Å²) in [6.45, 7) is 7.44. The zero-order valence-corrected chi connectivity index (χ0v) is 48.1. The van der Waals surface area contributed by atoms with Gasteiger partial charge in [-0.25, -0.2) is 23.4 Å². The minimum Gasteiger partial charge on any atom is -0.352 e. The van der Waals surface area contributed by atoms with E-state index in [1.165, 1.54) is 17.8 Å². The molecule has 1 N–H and O–H groups in total. The maximum atomic E-state index is 12.9. The quantitative estimate of drug-likeness (QED) is 0.0578. The van der Waals surface area contributed by atoms with Crippen molar-refractivity contribution in [3.63, 3.8) is 0 Å². The molecule has 7 heterocycles. The second kappa shape index (κ2) is 26.1. The van der Waals surface area contributed by atoms with Crippen LogP contribution in [-0.2, 0) is 31.0 Å². The second-order valence-electron chi connectivity index (χ2n) is 18.2. The molecule has 0 bridgehead atoms. The first-order valence-corrected chi connectivity index (χ1v) is 30.0. The maximum absolute atomic E-state index is 12.9. The number of benzene rings is 3. The normalized spacial score (nSPS) is 13.3. The summed E-state index contributed by atoms with van der Waals surface area (Å²) in [6.07, 6.45) is 8.13. The smallest absolute Gasteiger partial charge is 0.259 e. The summed E-state index contributed by atoms with van der Waals surface area (Å²) >= 11 is 22.6. The number of pyridine rings is 3. The number of aromatic nitrogens is 9. The van der Waals surface area contributed by atoms with Crippen LogP contribution in [0, 0.1) is 0 Å². The van der Waals surface area contributed by atoms with E-state index in [2.05, 4.69) is 60.9 Å². The molecule has 9 aromatic rings. The molecule has 0 aliphatic carbocycles. The molecule has 0 radical (unpaired) electrons. The van der Waals surface area contributed by atoms with Gasteiger partial charge in [-0.1, -0.05) is 111 Å². The number of aryl methyl sites for hydroxylation is 3. The molecule has 408 valence electrons. The van der Waals surface area contributed by atoms with Gasteiger partial charge in [0.25, 0.3) is 16.7 Å². The molecule has 6 aromatic heterocycles. The summed E-state index contributed by atoms with van der Waals surface area (Å²) in [4.78, 5) is 66.6. The fraction of sp³-hybridized carbons (Fsp3) is 0.304. The number of hydrogen-bond acceptors (Lipinski definition) is 15. The molecule has 2 atom stereocenters. The molecule has 2 unspecified atom stereocenters. The van der Waals surface area contributed by atoms with Crippen LogP contribution < -0.4 is 26.9 Å². The molecule has 1 aliphatic heterocycles. The van der Waals surface area contributed by atoms with Gasteiger partial charge in [0.2, 0.25) is 26.9 Å². The Balaban J connectivity index is 0.000000169. The highest BCUT2D eigenvalue weighted by Crippen LogP contribution is 2.32. The van der Waals surface area contributed by atoms with Gasteiger partial charge in [0.05, 0.1) is 6.04 Å². The zero-order chi connectivity index (χ0) is 55.1. The van der Waals surface area contributed by atoms with Gasteiger partial charge in [0.1, 0.15) is 16.9 Å². The van der Waals surface area contributed by atoms with Gasteiger partial charge in [-0.2, -0.15) is 38.5 Å². The monoisotopic (exact) mass is 1170 g/mol. The van der Waals surface area contributed by atoms with E-state index < -0.39 is 9.84 Å². The van der Waals surface area contributed by atoms with E-state index in [-0.39, 0.29) is 40.9 Å². The number of thioether (sulfide) groups is 2. The van der Waals surface area contributed by atoms with Crippen molar-refractivity contribution in [2.75, 3.05) is 46.0 Å². The predicted octanol–water partition coefficient (Wildman–Crippen LogP) is 11.3. The first-order valence-electron chi connectivity index (χ1n) is 24.6. The van der Waals surface area contributed by atoms with Gasteiger partial charge < -0.3 is 10.2 Å². The maximum Gasteiger partial charge on any atom is 0.259 e. The highest BCUT2D eigenvalue weighted by molar-refractivity contribution is 7.99. The van der Waals surface area contributed by atoms with E-state index in [4.69, 9.17) is 34.8 Å². The van der Waals surface area contributed by atoms with Crippen LogP contribution in [0.3, 0.4) is 0 Å². The average molecular weight is 1170 g/mol. The minimum atomic E-state index is -3.55. The molecule has 10 rings (SSSR count). The van der Waals surface area contributed by atoms with Gasteiger partial charge in [-0.05, 0) is 79.2 Å². The van der Waals surface area contributed by atoms with Crippen LogP contribution in [0.25, 0.3) is 66.5 Å². The number of halogens is 3. The third-order valence-corrected chi connectivity index (χ3v) is 16.4. The van der Waals surface area contributed by atoms with E-state index in [0.717, 1.165) is 65.0 Å². The standard InChI is InChI=1S/C20H21ClN4OS.C20H23ClN4OS.C15H12ClN3O3S.CH4/c1-3-27-9-8-14-12-25(14)20-22-11-13-10-16(15-6-4-5-7-17(15)21)19(26)24(2)18(13)23-20;1-4-27-10-9-13(2)23-20-22-12-14-11-16(15-7-5-6-8-17(15)21)19(26)25(3)18(14)24-20;1-19-13-9(8-17-15(18-13)23(2,21)22)7-11(14(19)20)10-5-3-4-6-12(10)16;/h4-7,10-11,14H,3,8-9,12H2,1-2H3;5-8,11-13H,4,9-10H2,1-3H3,(H,22,23,24);3-8H,1-2H3;1H4. The fourth-order valence-corrected chi connectivity index (χ4v) is 11.2. The minimum absolute atomic E-state index is 0. The van der Waals surface area contributed by atoms with Crippen LogP contribution in [0.2, 0.25) is 15.1 Å². The molecule has 22 heteroatoms. The first-order chi connectivity index (χ1) is 36.9. The van der Waals surface area contributed by atoms with Crippen molar-refractivity contribution in [3.8, 4) is 33.4 Å². The van der Waals surface area contributed by atoms with Gasteiger partial charge in [-0.15, -0.1) is 0 Å². The van der Waals surface area contributed by atoms with Crippen molar-refractivity contribution in [1.29, 1.82) is 0 Å². The zero-order valence-electron chi connectivity index (χ0n) is 43.4. The number of nitrogens with zero attached hydrogens (tertiary/aromatic N) is 10. The van der Waals surface area contributed by atoms with Crippen LogP contribution in [0.4, 0.5) is 11.9 Å². The van der Waals surface area contributed by atoms with Crippen LogP contribution in [0.5, 0.6) is 0 Å². The molecule has 16 nitrogen and oxygen atoms in total. The molecule has 0 saturated carbocycles. The Hall–Kier alpha value is -6.35. The molecule has 1 fully saturated rings. The Morgan fingerprint density at radius 3 is 1.50 bits per heavy atom. The molecule has 1 aliphatic rings. The van der Waals surface area contributed by atoms with E-state index in [1.54, 1.807) is 78.1 Å². The molecular formula is C56H60Cl3N11O5S3. The van der Waals surface area contributed by atoms with Crippen molar-refractivity contribution in [2.24, 2.45) is 21.1 Å². The summed E-state index contributed by atoms with van der Waals surface area (Å²) in [5.74, 6) is 5.76. The van der Waals surface area contributed by atoms with Crippen LogP contribution >= 0.6 is 58.3 Å². The third kappa shape index (κ3) is 13.5. The van der Waals surface area contributed by atoms with E-state index >= 15 is 0 Å². The summed E-state index contributed by atoms with van der Waals surface area (Å²) in [6, 6.07) is 27.8. The summed E-state index contributed by atoms with van der Waals surface area (Å²) < 4.78 is 27.6. The summed E-state index contributed by atoms with van der Waals surface area (Å²) in [7, 11) is 1.45. The summed E-state index contributed by atoms with van der Waals surface area (Å²) in [5.41, 5.74) is 4.50. The Morgan fingerprint density at radius 2 is 1.04 bits per heavy atom. The first kappa shape index (κ1) is 59.3. The van der Waals surface area contributed by atoms with Crippen LogP contribution in [0.15, 0.2) is 129 Å². The van der Waals surface area contributed by atoms with E-state index in [9.17, 15) is 22.8 Å². The lowest BCUT2D eigenvalue weighted by Crippen LogP contribution is -2.22. The van der Waals surface area contributed by atoms with Crippen molar-refractivity contribution in [2.45, 2.75) is 58.3 Å². The number of nitrogens with one attached hydrogen (secondary N) is 1. The van der Waals surface area contributed by atoms with Crippen molar-refractivity contribution >= 4 is 113 Å². The van der Waals surface area contributed by atoms with Gasteiger partial charge in [0, 0.05) is 123 Å². The van der Waals surface area contributed by atoms with E-state index in [1.807, 2.05) is 72.1 Å². The Bertz CT molecular complexity index is 3950. The van der Waals surface area contributed by atoms with Crippen molar-refractivity contribution < 1.29 is 8.42 Å². The van der Waals surface area contributed by atoms with Gasteiger partial charge in [-0.3, -0.25) is 28.1 Å². The highest BCUT2D eigenvalue weighted by Gasteiger charge is 2.36. The summed E-state index contributed by atoms with van der Waals surface area (Å²) in [5, 5.41) is 6.75. The largest absolute Gasteiger partial charge is 0.352 e. The van der Waals surface area contributed by atoms with Crippen molar-refractivity contribution in [3.05, 3.63) is 156 Å². The topological polar surface area (TPSA) is 193 Å². The lowest BCUT2D eigenvalue weighted by Gasteiger charge is -2.15. The number of fused-ring (bicyclic) bond motifs is 3. The van der Waals surface area contributed by atoms with Gasteiger partial charge >= 0.3 is 0 Å². The van der Waals surface area contributed by atoms with Crippen LogP contribution in [0.1, 0.15) is 41.0 Å². The molecular weight excluding hydrogens is 1110 g/mol. The van der Waals surface area contributed by atoms with Gasteiger partial charge in [0.15, 0.2) is 0 Å². The van der Waals surface area contributed by atoms with Crippen LogP contribution in [-0.4, -0.2) is 99.9 Å². The third-order valence-electron chi connectivity index (χ3n) is 12.7. The Morgan fingerprint density at radius 1 is 0.615 bits per heavy atom. The molecule has 0 spiro atoms. The molecule has 1 saturated heterocycles. The Kier molecular flexibility index (Phi) is 19.8. The SMILES string of the molecule is C.CCSCCC(C)Nc1ncc2cc(-c3ccccc3Cl)c(=O)n(C)c2n1.CCSCCC1CN1c1ncc2cc(-c3ccccc3Cl)c(=O)n(C)c2n1.Cn1c(=O)c(-c2ccccc2Cl)cc2cnc(S(C)(=O)=O)nc21.